The molecular weight excluding hydrogens is 390 g/mol. The summed E-state index contributed by atoms with van der Waals surface area (Å²) in [4.78, 5) is -0.0114. The Morgan fingerprint density at radius 1 is 0.889 bits per heavy atom. The van der Waals surface area contributed by atoms with Crippen molar-refractivity contribution in [1.29, 1.82) is 0 Å². The van der Waals surface area contributed by atoms with Gasteiger partial charge in [-0.2, -0.15) is 0 Å². The van der Waals surface area contributed by atoms with Gasteiger partial charge in [0, 0.05) is 10.7 Å². The largest absolute Gasteiger partial charge is 0.457 e. The highest BCUT2D eigenvalue weighted by Gasteiger charge is 2.20. The summed E-state index contributed by atoms with van der Waals surface area (Å²) in [5.41, 5.74) is 0.921. The minimum Gasteiger partial charge on any atom is -0.457 e. The van der Waals surface area contributed by atoms with E-state index in [0.717, 1.165) is 0 Å². The zero-order chi connectivity index (χ0) is 18.9. The van der Waals surface area contributed by atoms with Gasteiger partial charge in [-0.05, 0) is 71.0 Å². The number of ether oxygens (including phenoxy) is 1. The third-order valence-electron chi connectivity index (χ3n) is 3.69. The molecule has 136 valence electrons. The van der Waals surface area contributed by atoms with Crippen molar-refractivity contribution >= 4 is 38.3 Å². The molecule has 1 N–H and O–H groups in total. The molecule has 0 saturated heterocycles. The van der Waals surface area contributed by atoms with E-state index in [2.05, 4.69) is 19.7 Å². The van der Waals surface area contributed by atoms with Crippen molar-refractivity contribution in [1.82, 2.24) is 10.3 Å². The third kappa shape index (κ3) is 3.71. The van der Waals surface area contributed by atoms with Gasteiger partial charge in [-0.15, -0.1) is 0 Å². The van der Waals surface area contributed by atoms with Gasteiger partial charge >= 0.3 is 0 Å². The number of nitrogens with zero attached hydrogens (tertiary/aromatic N) is 2. The first kappa shape index (κ1) is 17.3. The Hall–Kier alpha value is -3.10. The van der Waals surface area contributed by atoms with Crippen LogP contribution in [0.1, 0.15) is 0 Å². The lowest BCUT2D eigenvalue weighted by atomic mass is 10.3. The lowest BCUT2D eigenvalue weighted by Crippen LogP contribution is -2.13. The number of anilines is 1. The first-order valence-electron chi connectivity index (χ1n) is 7.79. The average molecular weight is 402 g/mol. The van der Waals surface area contributed by atoms with E-state index in [1.807, 2.05) is 0 Å². The number of hydrogen-bond donors (Lipinski definition) is 1. The minimum absolute atomic E-state index is 0.0114. The highest BCUT2D eigenvalue weighted by molar-refractivity contribution is 7.93. The molecule has 0 unspecified atom stereocenters. The molecule has 1 heterocycles. The number of aromatic nitrogens is 2. The highest BCUT2D eigenvalue weighted by Crippen LogP contribution is 2.26. The predicted octanol–water partition coefficient (Wildman–Crippen LogP) is 4.47. The molecule has 0 amide bonds. The molecule has 4 aromatic rings. The van der Waals surface area contributed by atoms with Gasteiger partial charge in [-0.25, -0.2) is 13.0 Å². The van der Waals surface area contributed by atoms with Gasteiger partial charge in [0.15, 0.2) is 5.52 Å². The number of hydrogen-bond acceptors (Lipinski definition) is 6. The summed E-state index contributed by atoms with van der Waals surface area (Å²) < 4.78 is 38.1. The summed E-state index contributed by atoms with van der Waals surface area (Å²) >= 11 is 5.84. The number of benzene rings is 3. The zero-order valence-electron chi connectivity index (χ0n) is 13.7. The number of fused-ring (bicyclic) bond motifs is 1. The molecule has 0 bridgehead atoms. The van der Waals surface area contributed by atoms with Gasteiger partial charge in [-0.1, -0.05) is 17.7 Å². The fourth-order valence-corrected chi connectivity index (χ4v) is 3.77. The molecule has 0 aliphatic carbocycles. The Balaban J connectivity index is 1.54. The Morgan fingerprint density at radius 2 is 1.56 bits per heavy atom. The van der Waals surface area contributed by atoms with Crippen molar-refractivity contribution in [2.75, 3.05) is 4.72 Å². The summed E-state index contributed by atoms with van der Waals surface area (Å²) in [7, 11) is -3.85. The van der Waals surface area contributed by atoms with Gasteiger partial charge in [0.1, 0.15) is 21.9 Å². The van der Waals surface area contributed by atoms with Crippen LogP contribution < -0.4 is 9.46 Å². The van der Waals surface area contributed by atoms with Crippen molar-refractivity contribution in [2.24, 2.45) is 0 Å². The molecule has 0 spiro atoms. The Morgan fingerprint density at radius 3 is 2.26 bits per heavy atom. The highest BCUT2D eigenvalue weighted by atomic mass is 35.5. The maximum atomic E-state index is 12.7. The standard InChI is InChI=1S/C18H12ClN3O4S/c19-12-4-8-14(9-5-12)25-15-10-6-13(7-11-15)22-27(23,24)17-3-1-2-16-18(17)21-26-20-16/h1-11,22H. The molecule has 7 nitrogen and oxygen atoms in total. The second-order valence-corrected chi connectivity index (χ2v) is 7.66. The van der Waals surface area contributed by atoms with E-state index in [9.17, 15) is 8.42 Å². The monoisotopic (exact) mass is 401 g/mol. The molecule has 0 aliphatic heterocycles. The van der Waals surface area contributed by atoms with Crippen molar-refractivity contribution in [3.8, 4) is 11.5 Å². The van der Waals surface area contributed by atoms with E-state index in [1.54, 1.807) is 60.7 Å². The molecule has 0 saturated carbocycles. The molecule has 3 aromatic carbocycles. The lowest BCUT2D eigenvalue weighted by Gasteiger charge is -2.10. The first-order valence-corrected chi connectivity index (χ1v) is 9.65. The summed E-state index contributed by atoms with van der Waals surface area (Å²) in [6, 6.07) is 18.1. The van der Waals surface area contributed by atoms with Gasteiger partial charge in [0.05, 0.1) is 0 Å². The Kier molecular flexibility index (Phi) is 4.43. The normalized spacial score (nSPS) is 11.4. The van der Waals surface area contributed by atoms with E-state index in [0.29, 0.717) is 27.7 Å². The van der Waals surface area contributed by atoms with E-state index >= 15 is 0 Å². The number of halogens is 1. The first-order chi connectivity index (χ1) is 13.0. The molecule has 4 rings (SSSR count). The van der Waals surface area contributed by atoms with Crippen LogP contribution in [0.4, 0.5) is 5.69 Å². The molecule has 27 heavy (non-hydrogen) atoms. The third-order valence-corrected chi connectivity index (χ3v) is 5.36. The number of rotatable bonds is 5. The molecule has 0 fully saturated rings. The van der Waals surface area contributed by atoms with E-state index < -0.39 is 10.0 Å². The summed E-state index contributed by atoms with van der Waals surface area (Å²) in [5.74, 6) is 1.18. The van der Waals surface area contributed by atoms with Crippen molar-refractivity contribution in [3.63, 3.8) is 0 Å². The van der Waals surface area contributed by atoms with Crippen LogP contribution in [-0.4, -0.2) is 18.7 Å². The Bertz CT molecular complexity index is 1190. The SMILES string of the molecule is O=S(=O)(Nc1ccc(Oc2ccc(Cl)cc2)cc1)c1cccc2nonc12. The molecule has 9 heteroatoms. The minimum atomic E-state index is -3.85. The van der Waals surface area contributed by atoms with E-state index in [4.69, 9.17) is 16.3 Å². The molecule has 1 aromatic heterocycles. The van der Waals surface area contributed by atoms with Crippen molar-refractivity contribution in [2.45, 2.75) is 4.90 Å². The lowest BCUT2D eigenvalue weighted by molar-refractivity contribution is 0.315. The van der Waals surface area contributed by atoms with Crippen LogP contribution in [0, 0.1) is 0 Å². The van der Waals surface area contributed by atoms with Crippen LogP contribution in [0.15, 0.2) is 76.3 Å². The van der Waals surface area contributed by atoms with Crippen LogP contribution in [0.3, 0.4) is 0 Å². The topological polar surface area (TPSA) is 94.3 Å². The van der Waals surface area contributed by atoms with Gasteiger partial charge in [-0.3, -0.25) is 4.72 Å². The van der Waals surface area contributed by atoms with Gasteiger partial charge in [0.2, 0.25) is 0 Å². The molecule has 0 aliphatic rings. The van der Waals surface area contributed by atoms with Crippen LogP contribution in [0.5, 0.6) is 11.5 Å². The summed E-state index contributed by atoms with van der Waals surface area (Å²) in [6.07, 6.45) is 0. The quantitative estimate of drug-likeness (QED) is 0.530. The van der Waals surface area contributed by atoms with Crippen LogP contribution in [0.2, 0.25) is 5.02 Å². The Labute approximate surface area is 159 Å². The summed E-state index contributed by atoms with van der Waals surface area (Å²) in [5, 5.41) is 7.93. The zero-order valence-corrected chi connectivity index (χ0v) is 15.2. The summed E-state index contributed by atoms with van der Waals surface area (Å²) in [6.45, 7) is 0. The predicted molar refractivity (Wildman–Crippen MR) is 101 cm³/mol. The maximum Gasteiger partial charge on any atom is 0.264 e. The van der Waals surface area contributed by atoms with E-state index in [-0.39, 0.29) is 10.4 Å². The van der Waals surface area contributed by atoms with Crippen LogP contribution in [0.25, 0.3) is 11.0 Å². The molecular formula is C18H12ClN3O4S. The number of sulfonamides is 1. The second kappa shape index (κ2) is 6.90. The fourth-order valence-electron chi connectivity index (χ4n) is 2.44. The van der Waals surface area contributed by atoms with Crippen molar-refractivity contribution < 1.29 is 17.8 Å². The fraction of sp³-hybridized carbons (Fsp3) is 0. The van der Waals surface area contributed by atoms with Gasteiger partial charge in [0.25, 0.3) is 10.0 Å². The smallest absolute Gasteiger partial charge is 0.264 e. The maximum absolute atomic E-state index is 12.7. The average Bonchev–Trinajstić information content (AvgIpc) is 3.13. The second-order valence-electron chi connectivity index (χ2n) is 5.57. The van der Waals surface area contributed by atoms with Crippen LogP contribution in [-0.2, 0) is 10.0 Å². The number of nitrogens with one attached hydrogen (secondary N) is 1. The molecule has 0 radical (unpaired) electrons. The molecule has 0 atom stereocenters. The van der Waals surface area contributed by atoms with Crippen molar-refractivity contribution in [3.05, 3.63) is 71.8 Å². The van der Waals surface area contributed by atoms with Crippen LogP contribution >= 0.6 is 11.6 Å². The van der Waals surface area contributed by atoms with E-state index in [1.165, 1.54) is 6.07 Å². The van der Waals surface area contributed by atoms with Gasteiger partial charge < -0.3 is 4.74 Å².